The summed E-state index contributed by atoms with van der Waals surface area (Å²) in [7, 11) is 0. The molecule has 0 aliphatic carbocycles. The third kappa shape index (κ3) is 4.25. The number of ketones is 1. The fourth-order valence-corrected chi connectivity index (χ4v) is 3.20. The number of nitrogens with zero attached hydrogens (tertiary/aromatic N) is 1. The number of Topliss-reactive ketones (excluding diaryl/α,β-unsaturated/α-hetero) is 1. The van der Waals surface area contributed by atoms with Crippen LogP contribution in [0.1, 0.15) is 65.9 Å². The minimum Gasteiger partial charge on any atom is -0.372 e. The molecule has 0 radical (unpaired) electrons. The summed E-state index contributed by atoms with van der Waals surface area (Å²) in [4.78, 5) is 15.3. The van der Waals surface area contributed by atoms with Crippen LogP contribution in [0.15, 0.2) is 42.1 Å². The Balaban J connectivity index is 2.20. The summed E-state index contributed by atoms with van der Waals surface area (Å²) in [6.07, 6.45) is 3.74. The van der Waals surface area contributed by atoms with Crippen LogP contribution in [0.25, 0.3) is 0 Å². The van der Waals surface area contributed by atoms with Gasteiger partial charge in [0.05, 0.1) is 0 Å². The van der Waals surface area contributed by atoms with Crippen LogP contribution in [0.5, 0.6) is 0 Å². The predicted octanol–water partition coefficient (Wildman–Crippen LogP) is 5.16. The number of allylic oxidation sites excluding steroid dienone is 1. The van der Waals surface area contributed by atoms with Crippen LogP contribution in [0.3, 0.4) is 0 Å². The minimum absolute atomic E-state index is 0.0325. The van der Waals surface area contributed by atoms with Crippen LogP contribution in [0.2, 0.25) is 0 Å². The van der Waals surface area contributed by atoms with E-state index in [1.165, 1.54) is 5.56 Å². The molecule has 0 aromatic heterocycles. The van der Waals surface area contributed by atoms with Gasteiger partial charge in [-0.15, -0.1) is 0 Å². The second-order valence-corrected chi connectivity index (χ2v) is 8.48. The predicted molar refractivity (Wildman–Crippen MR) is 97.4 cm³/mol. The average Bonchev–Trinajstić information content (AvgIpc) is 2.46. The summed E-state index contributed by atoms with van der Waals surface area (Å²) in [6.45, 7) is 14.2. The fraction of sp³-hybridized carbons (Fsp3) is 0.571. The normalized spacial score (nSPS) is 19.2. The van der Waals surface area contributed by atoms with Gasteiger partial charge < -0.3 is 4.90 Å². The van der Waals surface area contributed by atoms with Crippen molar-refractivity contribution in [1.82, 2.24) is 4.90 Å². The zero-order valence-electron chi connectivity index (χ0n) is 15.5. The van der Waals surface area contributed by atoms with Gasteiger partial charge in [0, 0.05) is 30.3 Å². The minimum atomic E-state index is -0.0325. The van der Waals surface area contributed by atoms with E-state index >= 15 is 0 Å². The van der Waals surface area contributed by atoms with Crippen LogP contribution >= 0.6 is 0 Å². The Hall–Kier alpha value is -1.57. The van der Waals surface area contributed by atoms with Crippen LogP contribution in [-0.4, -0.2) is 22.8 Å². The zero-order valence-corrected chi connectivity index (χ0v) is 15.5. The molecule has 0 N–H and O–H groups in total. The Morgan fingerprint density at radius 3 is 2.39 bits per heavy atom. The quantitative estimate of drug-likeness (QED) is 0.765. The zero-order chi connectivity index (χ0) is 17.3. The van der Waals surface area contributed by atoms with Gasteiger partial charge in [0.2, 0.25) is 0 Å². The lowest BCUT2D eigenvalue weighted by Gasteiger charge is -2.43. The molecule has 2 nitrogen and oxygen atoms in total. The topological polar surface area (TPSA) is 20.3 Å². The number of hydrogen-bond donors (Lipinski definition) is 0. The van der Waals surface area contributed by atoms with Gasteiger partial charge in [-0.3, -0.25) is 4.79 Å². The smallest absolute Gasteiger partial charge is 0.161 e. The van der Waals surface area contributed by atoms with Crippen molar-refractivity contribution in [3.63, 3.8) is 0 Å². The number of carbonyl (C=O) groups is 1. The van der Waals surface area contributed by atoms with Crippen molar-refractivity contribution < 1.29 is 4.79 Å². The molecular formula is C21H31NO. The van der Waals surface area contributed by atoms with Crippen LogP contribution in [0, 0.1) is 5.41 Å². The summed E-state index contributed by atoms with van der Waals surface area (Å²) in [6, 6.07) is 10.3. The number of carbonyl (C=O) groups excluding carboxylic acids is 1. The number of benzene rings is 1. The SMILES string of the molecule is CC(CC(=O)C1=CN(C(C)(C)C)CCC1(C)C)c1ccccc1. The maximum atomic E-state index is 13.0. The maximum absolute atomic E-state index is 13.0. The highest BCUT2D eigenvalue weighted by molar-refractivity contribution is 5.97. The van der Waals surface area contributed by atoms with E-state index in [4.69, 9.17) is 0 Å². The Kier molecular flexibility index (Phi) is 5.03. The maximum Gasteiger partial charge on any atom is 0.161 e. The molecule has 0 saturated heterocycles. The number of rotatable bonds is 4. The van der Waals surface area contributed by atoms with Gasteiger partial charge in [0.1, 0.15) is 0 Å². The molecule has 0 spiro atoms. The molecule has 0 bridgehead atoms. The summed E-state index contributed by atoms with van der Waals surface area (Å²) in [5.41, 5.74) is 2.26. The Morgan fingerprint density at radius 1 is 1.22 bits per heavy atom. The van der Waals surface area contributed by atoms with E-state index < -0.39 is 0 Å². The lowest BCUT2D eigenvalue weighted by Crippen LogP contribution is -2.44. The van der Waals surface area contributed by atoms with Gasteiger partial charge in [-0.2, -0.15) is 0 Å². The van der Waals surface area contributed by atoms with E-state index in [0.717, 1.165) is 18.5 Å². The molecule has 2 rings (SSSR count). The molecule has 0 saturated carbocycles. The Bertz CT molecular complexity index is 578. The van der Waals surface area contributed by atoms with Crippen molar-refractivity contribution in [2.24, 2.45) is 5.41 Å². The molecule has 1 heterocycles. The second kappa shape index (κ2) is 6.51. The van der Waals surface area contributed by atoms with E-state index in [1.54, 1.807) is 0 Å². The molecule has 0 fully saturated rings. The lowest BCUT2D eigenvalue weighted by atomic mass is 9.75. The third-order valence-electron chi connectivity index (χ3n) is 5.01. The van der Waals surface area contributed by atoms with Crippen molar-refractivity contribution in [2.45, 2.75) is 65.8 Å². The van der Waals surface area contributed by atoms with Crippen molar-refractivity contribution in [2.75, 3.05) is 6.54 Å². The van der Waals surface area contributed by atoms with Crippen LogP contribution < -0.4 is 0 Å². The first-order valence-corrected chi connectivity index (χ1v) is 8.68. The summed E-state index contributed by atoms with van der Waals surface area (Å²) in [5, 5.41) is 0. The van der Waals surface area contributed by atoms with Crippen molar-refractivity contribution in [1.29, 1.82) is 0 Å². The van der Waals surface area contributed by atoms with Gasteiger partial charge in [0.15, 0.2) is 5.78 Å². The largest absolute Gasteiger partial charge is 0.372 e. The highest BCUT2D eigenvalue weighted by Gasteiger charge is 2.35. The molecule has 1 aromatic carbocycles. The first-order chi connectivity index (χ1) is 10.6. The van der Waals surface area contributed by atoms with Gasteiger partial charge in [-0.25, -0.2) is 0 Å². The van der Waals surface area contributed by atoms with E-state index in [2.05, 4.69) is 64.8 Å². The first kappa shape index (κ1) is 17.8. The number of hydrogen-bond acceptors (Lipinski definition) is 2. The van der Waals surface area contributed by atoms with E-state index in [9.17, 15) is 4.79 Å². The highest BCUT2D eigenvalue weighted by Crippen LogP contribution is 2.38. The standard InChI is InChI=1S/C21H31NO/c1-16(17-10-8-7-9-11-17)14-19(23)18-15-22(20(2,3)4)13-12-21(18,5)6/h7-11,15-16H,12-14H2,1-6H3. The Labute approximate surface area is 141 Å². The molecule has 1 aliphatic heterocycles. The monoisotopic (exact) mass is 313 g/mol. The Morgan fingerprint density at radius 2 is 1.83 bits per heavy atom. The molecule has 1 aromatic rings. The fourth-order valence-electron chi connectivity index (χ4n) is 3.20. The van der Waals surface area contributed by atoms with Crippen LogP contribution in [-0.2, 0) is 4.79 Å². The van der Waals surface area contributed by atoms with Gasteiger partial charge >= 0.3 is 0 Å². The van der Waals surface area contributed by atoms with E-state index in [1.807, 2.05) is 18.2 Å². The van der Waals surface area contributed by atoms with Gasteiger partial charge in [-0.05, 0) is 44.1 Å². The third-order valence-corrected chi connectivity index (χ3v) is 5.01. The highest BCUT2D eigenvalue weighted by atomic mass is 16.1. The molecule has 23 heavy (non-hydrogen) atoms. The molecule has 1 atom stereocenters. The first-order valence-electron chi connectivity index (χ1n) is 8.68. The van der Waals surface area contributed by atoms with Crippen molar-refractivity contribution in [3.8, 4) is 0 Å². The van der Waals surface area contributed by atoms with E-state index in [-0.39, 0.29) is 16.9 Å². The van der Waals surface area contributed by atoms with Crippen molar-refractivity contribution in [3.05, 3.63) is 47.7 Å². The molecule has 1 unspecified atom stereocenters. The summed E-state index contributed by atoms with van der Waals surface area (Å²) in [5.74, 6) is 0.547. The van der Waals surface area contributed by atoms with Crippen molar-refractivity contribution >= 4 is 5.78 Å². The molecule has 0 amide bonds. The average molecular weight is 313 g/mol. The van der Waals surface area contributed by atoms with Gasteiger partial charge in [0.25, 0.3) is 0 Å². The molecule has 1 aliphatic rings. The van der Waals surface area contributed by atoms with Gasteiger partial charge in [-0.1, -0.05) is 51.1 Å². The van der Waals surface area contributed by atoms with Crippen LogP contribution in [0.4, 0.5) is 0 Å². The van der Waals surface area contributed by atoms with E-state index in [0.29, 0.717) is 12.2 Å². The lowest BCUT2D eigenvalue weighted by molar-refractivity contribution is -0.117. The molecule has 2 heteroatoms. The summed E-state index contributed by atoms with van der Waals surface area (Å²) >= 11 is 0. The summed E-state index contributed by atoms with van der Waals surface area (Å²) < 4.78 is 0. The molecular weight excluding hydrogens is 282 g/mol. The molecule has 126 valence electrons. The second-order valence-electron chi connectivity index (χ2n) is 8.48.